The highest BCUT2D eigenvalue weighted by molar-refractivity contribution is 14.0. The van der Waals surface area contributed by atoms with Crippen LogP contribution in [0.2, 0.25) is 0 Å². The van der Waals surface area contributed by atoms with Gasteiger partial charge in [-0.3, -0.25) is 4.99 Å². The number of aryl methyl sites for hydroxylation is 1. The van der Waals surface area contributed by atoms with Gasteiger partial charge in [0, 0.05) is 31.4 Å². The molecule has 0 aliphatic carbocycles. The van der Waals surface area contributed by atoms with E-state index in [1.165, 1.54) is 11.3 Å². The van der Waals surface area contributed by atoms with Crippen molar-refractivity contribution in [2.24, 2.45) is 4.99 Å². The lowest BCUT2D eigenvalue weighted by molar-refractivity contribution is -0.132. The van der Waals surface area contributed by atoms with Gasteiger partial charge in [0.15, 0.2) is 5.96 Å². The maximum absolute atomic E-state index is 12.3. The standard InChI is InChI=1S/C18H27F3N4.HI/c1-3-22-17(23-11-10-18(19,20)21)24-15-5-4-12-25(13-15)16-8-6-14(2)7-9-16;/h6-9,15H,3-5,10-13H2,1-2H3,(H2,22,23,24);1H. The Morgan fingerprint density at radius 3 is 2.58 bits per heavy atom. The van der Waals surface area contributed by atoms with Crippen molar-refractivity contribution in [3.8, 4) is 0 Å². The van der Waals surface area contributed by atoms with Crippen molar-refractivity contribution in [3.63, 3.8) is 0 Å². The van der Waals surface area contributed by atoms with E-state index < -0.39 is 12.6 Å². The quantitative estimate of drug-likeness (QED) is 0.376. The van der Waals surface area contributed by atoms with E-state index in [0.29, 0.717) is 12.5 Å². The van der Waals surface area contributed by atoms with E-state index in [1.807, 2.05) is 6.92 Å². The molecule has 0 saturated carbocycles. The van der Waals surface area contributed by atoms with Gasteiger partial charge in [-0.05, 0) is 38.8 Å². The molecule has 1 saturated heterocycles. The van der Waals surface area contributed by atoms with E-state index in [4.69, 9.17) is 0 Å². The lowest BCUT2D eigenvalue weighted by Gasteiger charge is -2.35. The lowest BCUT2D eigenvalue weighted by Crippen LogP contribution is -2.51. The zero-order chi connectivity index (χ0) is 18.3. The molecule has 4 nitrogen and oxygen atoms in total. The predicted molar refractivity (Wildman–Crippen MR) is 112 cm³/mol. The summed E-state index contributed by atoms with van der Waals surface area (Å²) < 4.78 is 36.9. The summed E-state index contributed by atoms with van der Waals surface area (Å²) in [4.78, 5) is 6.36. The number of nitrogens with zero attached hydrogens (tertiary/aromatic N) is 2. The second-order valence-electron chi connectivity index (χ2n) is 6.39. The third-order valence-electron chi connectivity index (χ3n) is 4.17. The minimum atomic E-state index is -4.17. The molecule has 148 valence electrons. The number of hydrogen-bond acceptors (Lipinski definition) is 2. The minimum Gasteiger partial charge on any atom is -0.369 e. The van der Waals surface area contributed by atoms with Crippen LogP contribution in [0.5, 0.6) is 0 Å². The van der Waals surface area contributed by atoms with Gasteiger partial charge in [0.1, 0.15) is 0 Å². The zero-order valence-electron chi connectivity index (χ0n) is 15.3. The van der Waals surface area contributed by atoms with Gasteiger partial charge in [-0.25, -0.2) is 0 Å². The first-order valence-electron chi connectivity index (χ1n) is 8.80. The van der Waals surface area contributed by atoms with Crippen LogP contribution in [-0.4, -0.2) is 44.4 Å². The number of aliphatic imine (C=N–C) groups is 1. The Morgan fingerprint density at radius 1 is 1.27 bits per heavy atom. The van der Waals surface area contributed by atoms with Crippen LogP contribution in [0.25, 0.3) is 0 Å². The normalized spacial score (nSPS) is 18.3. The van der Waals surface area contributed by atoms with Crippen LogP contribution >= 0.6 is 24.0 Å². The van der Waals surface area contributed by atoms with Crippen molar-refractivity contribution in [2.75, 3.05) is 31.1 Å². The van der Waals surface area contributed by atoms with Crippen molar-refractivity contribution in [2.45, 2.75) is 45.3 Å². The first-order chi connectivity index (χ1) is 11.9. The van der Waals surface area contributed by atoms with Crippen molar-refractivity contribution in [1.82, 2.24) is 10.6 Å². The second kappa shape index (κ2) is 10.8. The van der Waals surface area contributed by atoms with E-state index in [-0.39, 0.29) is 36.6 Å². The highest BCUT2D eigenvalue weighted by Gasteiger charge is 2.26. The lowest BCUT2D eigenvalue weighted by atomic mass is 10.0. The SMILES string of the molecule is CCNC(=NCCC(F)(F)F)NC1CCCN(c2ccc(C)cc2)C1.I. The monoisotopic (exact) mass is 484 g/mol. The topological polar surface area (TPSA) is 39.7 Å². The summed E-state index contributed by atoms with van der Waals surface area (Å²) in [7, 11) is 0. The summed E-state index contributed by atoms with van der Waals surface area (Å²) in [6, 6.07) is 8.57. The zero-order valence-corrected chi connectivity index (χ0v) is 17.6. The predicted octanol–water partition coefficient (Wildman–Crippen LogP) is 4.09. The molecule has 1 aliphatic heterocycles. The largest absolute Gasteiger partial charge is 0.390 e. The molecule has 26 heavy (non-hydrogen) atoms. The van der Waals surface area contributed by atoms with Gasteiger partial charge in [-0.1, -0.05) is 17.7 Å². The molecule has 1 atom stereocenters. The molecule has 0 aromatic heterocycles. The van der Waals surface area contributed by atoms with Crippen LogP contribution in [0.15, 0.2) is 29.3 Å². The fourth-order valence-electron chi connectivity index (χ4n) is 2.89. The Balaban J connectivity index is 0.00000338. The van der Waals surface area contributed by atoms with Gasteiger partial charge in [-0.2, -0.15) is 13.2 Å². The number of anilines is 1. The van der Waals surface area contributed by atoms with Crippen LogP contribution in [0.1, 0.15) is 31.7 Å². The minimum absolute atomic E-state index is 0. The van der Waals surface area contributed by atoms with E-state index in [9.17, 15) is 13.2 Å². The summed E-state index contributed by atoms with van der Waals surface area (Å²) >= 11 is 0. The molecule has 0 bridgehead atoms. The van der Waals surface area contributed by atoms with E-state index in [1.54, 1.807) is 0 Å². The number of guanidine groups is 1. The fourth-order valence-corrected chi connectivity index (χ4v) is 2.89. The summed E-state index contributed by atoms with van der Waals surface area (Å²) in [5.74, 6) is 0.461. The van der Waals surface area contributed by atoms with Crippen LogP contribution in [0.3, 0.4) is 0 Å². The number of piperidine rings is 1. The van der Waals surface area contributed by atoms with Gasteiger partial charge < -0.3 is 15.5 Å². The van der Waals surface area contributed by atoms with Crippen molar-refractivity contribution in [1.29, 1.82) is 0 Å². The van der Waals surface area contributed by atoms with Crippen LogP contribution in [-0.2, 0) is 0 Å². The second-order valence-corrected chi connectivity index (χ2v) is 6.39. The number of nitrogens with one attached hydrogen (secondary N) is 2. The molecule has 2 N–H and O–H groups in total. The Labute approximate surface area is 170 Å². The van der Waals surface area contributed by atoms with Gasteiger partial charge >= 0.3 is 6.18 Å². The summed E-state index contributed by atoms with van der Waals surface area (Å²) in [5, 5.41) is 6.32. The highest BCUT2D eigenvalue weighted by atomic mass is 127. The van der Waals surface area contributed by atoms with Gasteiger partial charge in [0.05, 0.1) is 13.0 Å². The number of hydrogen-bond donors (Lipinski definition) is 2. The molecular formula is C18H28F3IN4. The first kappa shape index (κ1) is 22.9. The molecule has 8 heteroatoms. The molecule has 2 rings (SSSR count). The number of benzene rings is 1. The third kappa shape index (κ3) is 8.01. The van der Waals surface area contributed by atoms with E-state index >= 15 is 0 Å². The summed E-state index contributed by atoms with van der Waals surface area (Å²) in [6.45, 7) is 6.13. The molecule has 0 spiro atoms. The Bertz CT molecular complexity index is 561. The molecule has 1 aliphatic rings. The van der Waals surface area contributed by atoms with Gasteiger partial charge in [-0.15, -0.1) is 24.0 Å². The molecule has 1 aromatic carbocycles. The van der Waals surface area contributed by atoms with E-state index in [2.05, 4.69) is 51.7 Å². The maximum Gasteiger partial charge on any atom is 0.390 e. The number of alkyl halides is 3. The molecule has 1 fully saturated rings. The average molecular weight is 484 g/mol. The van der Waals surface area contributed by atoms with Gasteiger partial charge in [0.25, 0.3) is 0 Å². The Morgan fingerprint density at radius 2 is 1.96 bits per heavy atom. The molecule has 0 radical (unpaired) electrons. The average Bonchev–Trinajstić information content (AvgIpc) is 2.55. The molecule has 0 amide bonds. The van der Waals surface area contributed by atoms with E-state index in [0.717, 1.165) is 25.9 Å². The molecular weight excluding hydrogens is 456 g/mol. The Hall–Kier alpha value is -1.19. The van der Waals surface area contributed by atoms with Crippen molar-refractivity contribution in [3.05, 3.63) is 29.8 Å². The summed E-state index contributed by atoms with van der Waals surface area (Å²) in [5.41, 5.74) is 2.40. The maximum atomic E-state index is 12.3. The van der Waals surface area contributed by atoms with Crippen molar-refractivity contribution < 1.29 is 13.2 Å². The Kier molecular flexibility index (Phi) is 9.52. The highest BCUT2D eigenvalue weighted by Crippen LogP contribution is 2.21. The smallest absolute Gasteiger partial charge is 0.369 e. The van der Waals surface area contributed by atoms with Crippen LogP contribution in [0.4, 0.5) is 18.9 Å². The number of rotatable bonds is 5. The molecule has 1 aromatic rings. The number of halogens is 4. The van der Waals surface area contributed by atoms with Crippen LogP contribution < -0.4 is 15.5 Å². The molecule has 1 unspecified atom stereocenters. The van der Waals surface area contributed by atoms with Crippen LogP contribution in [0, 0.1) is 6.92 Å². The van der Waals surface area contributed by atoms with Crippen molar-refractivity contribution >= 4 is 35.6 Å². The third-order valence-corrected chi connectivity index (χ3v) is 4.17. The summed E-state index contributed by atoms with van der Waals surface area (Å²) in [6.07, 6.45) is -3.06. The molecule has 1 heterocycles. The fraction of sp³-hybridized carbons (Fsp3) is 0.611. The van der Waals surface area contributed by atoms with Gasteiger partial charge in [0.2, 0.25) is 0 Å². The first-order valence-corrected chi connectivity index (χ1v) is 8.80.